The minimum absolute atomic E-state index is 0.288. The Bertz CT molecular complexity index is 965. The molecule has 130 valence electrons. The topological polar surface area (TPSA) is 71.2 Å². The molecular weight excluding hydrogens is 388 g/mol. The van der Waals surface area contributed by atoms with Crippen molar-refractivity contribution in [3.63, 3.8) is 0 Å². The Morgan fingerprint density at radius 2 is 2.00 bits per heavy atom. The van der Waals surface area contributed by atoms with E-state index in [1.807, 2.05) is 37.3 Å². The molecule has 0 radical (unpaired) electrons. The van der Waals surface area contributed by atoms with E-state index in [4.69, 9.17) is 9.47 Å². The Kier molecular flexibility index (Phi) is 4.89. The zero-order valence-corrected chi connectivity index (χ0v) is 15.6. The van der Waals surface area contributed by atoms with Crippen molar-refractivity contribution in [1.29, 1.82) is 0 Å². The predicted molar refractivity (Wildman–Crippen MR) is 96.4 cm³/mol. The van der Waals surface area contributed by atoms with Crippen LogP contribution in [0.5, 0.6) is 11.5 Å². The largest absolute Gasteiger partial charge is 0.495 e. The lowest BCUT2D eigenvalue weighted by Gasteiger charge is -2.13. The number of nitrogens with zero attached hydrogens (tertiary/aromatic N) is 4. The van der Waals surface area contributed by atoms with Crippen LogP contribution in [-0.4, -0.2) is 26.9 Å². The van der Waals surface area contributed by atoms with Crippen molar-refractivity contribution in [3.8, 4) is 17.2 Å². The van der Waals surface area contributed by atoms with Crippen molar-refractivity contribution in [2.24, 2.45) is 7.05 Å². The van der Waals surface area contributed by atoms with Gasteiger partial charge in [0, 0.05) is 18.7 Å². The molecular formula is C17H17BrN4O3. The highest BCUT2D eigenvalue weighted by atomic mass is 79.9. The van der Waals surface area contributed by atoms with Crippen molar-refractivity contribution in [2.45, 2.75) is 13.5 Å². The monoisotopic (exact) mass is 404 g/mol. The summed E-state index contributed by atoms with van der Waals surface area (Å²) in [5.41, 5.74) is 2.21. The summed E-state index contributed by atoms with van der Waals surface area (Å²) in [6, 6.07) is 11.2. The maximum Gasteiger partial charge on any atom is 0.368 e. The minimum Gasteiger partial charge on any atom is -0.495 e. The summed E-state index contributed by atoms with van der Waals surface area (Å²) in [6.45, 7) is 2.25. The number of rotatable bonds is 5. The number of ether oxygens (including phenoxy) is 2. The van der Waals surface area contributed by atoms with Crippen LogP contribution in [-0.2, 0) is 13.7 Å². The van der Waals surface area contributed by atoms with E-state index in [0.29, 0.717) is 17.2 Å². The van der Waals surface area contributed by atoms with Crippen molar-refractivity contribution in [2.75, 3.05) is 7.11 Å². The van der Waals surface area contributed by atoms with Gasteiger partial charge in [-0.1, -0.05) is 12.1 Å². The summed E-state index contributed by atoms with van der Waals surface area (Å²) in [5, 5.41) is 7.69. The van der Waals surface area contributed by atoms with Gasteiger partial charge >= 0.3 is 5.69 Å². The average molecular weight is 405 g/mol. The Morgan fingerprint density at radius 1 is 1.20 bits per heavy atom. The second kappa shape index (κ2) is 7.10. The van der Waals surface area contributed by atoms with Gasteiger partial charge in [-0.25, -0.2) is 4.79 Å². The normalized spacial score (nSPS) is 10.7. The fourth-order valence-corrected chi connectivity index (χ4v) is 2.83. The van der Waals surface area contributed by atoms with Gasteiger partial charge in [-0.3, -0.25) is 0 Å². The smallest absolute Gasteiger partial charge is 0.368 e. The van der Waals surface area contributed by atoms with E-state index in [2.05, 4.69) is 26.4 Å². The molecule has 25 heavy (non-hydrogen) atoms. The molecule has 3 rings (SSSR count). The van der Waals surface area contributed by atoms with Gasteiger partial charge in [0.25, 0.3) is 0 Å². The van der Waals surface area contributed by atoms with Gasteiger partial charge in [0.2, 0.25) is 0 Å². The molecule has 0 saturated carbocycles. The molecule has 8 heteroatoms. The van der Waals surface area contributed by atoms with Crippen molar-refractivity contribution in [1.82, 2.24) is 19.8 Å². The van der Waals surface area contributed by atoms with Gasteiger partial charge in [0.15, 0.2) is 0 Å². The second-order valence-corrected chi connectivity index (χ2v) is 6.31. The van der Waals surface area contributed by atoms with Gasteiger partial charge in [0.1, 0.15) is 18.1 Å². The van der Waals surface area contributed by atoms with Crippen LogP contribution in [0.1, 0.15) is 11.1 Å². The fourth-order valence-electron chi connectivity index (χ4n) is 2.42. The van der Waals surface area contributed by atoms with Crippen molar-refractivity contribution in [3.05, 3.63) is 62.5 Å². The molecule has 1 aromatic heterocycles. The van der Waals surface area contributed by atoms with Crippen LogP contribution in [0.15, 0.2) is 45.7 Å². The molecule has 0 aliphatic heterocycles. The Morgan fingerprint density at radius 3 is 2.68 bits per heavy atom. The molecule has 7 nitrogen and oxygen atoms in total. The standard InChI is InChI=1S/C17H17BrN4O3/c1-11-5-4-6-15(22-17(23)21(2)19-20-22)13(11)10-25-12-7-8-14(18)16(9-12)24-3/h4-9H,10H2,1-3H3. The molecule has 0 bridgehead atoms. The number of halogens is 1. The van der Waals surface area contributed by atoms with E-state index >= 15 is 0 Å². The fraction of sp³-hybridized carbons (Fsp3) is 0.235. The highest BCUT2D eigenvalue weighted by Crippen LogP contribution is 2.30. The molecule has 0 unspecified atom stereocenters. The van der Waals surface area contributed by atoms with Gasteiger partial charge < -0.3 is 9.47 Å². The summed E-state index contributed by atoms with van der Waals surface area (Å²) < 4.78 is 14.5. The zero-order chi connectivity index (χ0) is 18.0. The molecule has 0 aliphatic carbocycles. The van der Waals surface area contributed by atoms with Gasteiger partial charge in [-0.05, 0) is 57.0 Å². The summed E-state index contributed by atoms with van der Waals surface area (Å²) in [4.78, 5) is 12.2. The number of aromatic nitrogens is 4. The Labute approximate surface area is 152 Å². The van der Waals surface area contributed by atoms with Crippen LogP contribution >= 0.6 is 15.9 Å². The first-order valence-electron chi connectivity index (χ1n) is 7.55. The number of hydrogen-bond donors (Lipinski definition) is 0. The molecule has 0 N–H and O–H groups in total. The van der Waals surface area contributed by atoms with E-state index in [0.717, 1.165) is 15.6 Å². The van der Waals surface area contributed by atoms with Crippen LogP contribution in [0, 0.1) is 6.92 Å². The maximum atomic E-state index is 12.2. The van der Waals surface area contributed by atoms with Crippen molar-refractivity contribution >= 4 is 15.9 Å². The van der Waals surface area contributed by atoms with E-state index in [-0.39, 0.29) is 12.3 Å². The lowest BCUT2D eigenvalue weighted by molar-refractivity contribution is 0.302. The maximum absolute atomic E-state index is 12.2. The number of benzene rings is 2. The molecule has 1 heterocycles. The molecule has 0 amide bonds. The first kappa shape index (κ1) is 17.2. The zero-order valence-electron chi connectivity index (χ0n) is 14.1. The first-order chi connectivity index (χ1) is 12.0. The van der Waals surface area contributed by atoms with Crippen LogP contribution < -0.4 is 15.2 Å². The van der Waals surface area contributed by atoms with Gasteiger partial charge in [0.05, 0.1) is 17.3 Å². The van der Waals surface area contributed by atoms with E-state index in [1.54, 1.807) is 20.2 Å². The molecule has 0 fully saturated rings. The van der Waals surface area contributed by atoms with Crippen LogP contribution in [0.4, 0.5) is 0 Å². The Hall–Kier alpha value is -2.61. The molecule has 3 aromatic rings. The summed E-state index contributed by atoms with van der Waals surface area (Å²) in [5.74, 6) is 1.35. The summed E-state index contributed by atoms with van der Waals surface area (Å²) in [7, 11) is 3.16. The van der Waals surface area contributed by atoms with Crippen molar-refractivity contribution < 1.29 is 9.47 Å². The molecule has 0 atom stereocenters. The molecule has 0 saturated heterocycles. The second-order valence-electron chi connectivity index (χ2n) is 5.45. The predicted octanol–water partition coefficient (Wildman–Crippen LogP) is 2.62. The van der Waals surface area contributed by atoms with Gasteiger partial charge in [-0.15, -0.1) is 0 Å². The van der Waals surface area contributed by atoms with E-state index in [9.17, 15) is 4.79 Å². The third-order valence-electron chi connectivity index (χ3n) is 3.84. The minimum atomic E-state index is -0.308. The molecule has 2 aromatic carbocycles. The lowest BCUT2D eigenvalue weighted by atomic mass is 10.1. The van der Waals surface area contributed by atoms with Crippen LogP contribution in [0.3, 0.4) is 0 Å². The van der Waals surface area contributed by atoms with E-state index < -0.39 is 0 Å². The van der Waals surface area contributed by atoms with Gasteiger partial charge in [-0.2, -0.15) is 9.36 Å². The number of aryl methyl sites for hydroxylation is 2. The average Bonchev–Trinajstić information content (AvgIpc) is 2.94. The third-order valence-corrected chi connectivity index (χ3v) is 4.50. The van der Waals surface area contributed by atoms with Crippen LogP contribution in [0.2, 0.25) is 0 Å². The first-order valence-corrected chi connectivity index (χ1v) is 8.34. The summed E-state index contributed by atoms with van der Waals surface area (Å²) in [6.07, 6.45) is 0. The number of hydrogen-bond acceptors (Lipinski definition) is 5. The number of methoxy groups -OCH3 is 1. The molecule has 0 spiro atoms. The highest BCUT2D eigenvalue weighted by Gasteiger charge is 2.14. The number of tetrazole rings is 1. The Balaban J connectivity index is 1.93. The lowest BCUT2D eigenvalue weighted by Crippen LogP contribution is -2.23. The van der Waals surface area contributed by atoms with Crippen LogP contribution in [0.25, 0.3) is 5.69 Å². The molecule has 0 aliphatic rings. The van der Waals surface area contributed by atoms with E-state index in [1.165, 1.54) is 9.36 Å². The quantitative estimate of drug-likeness (QED) is 0.653. The SMILES string of the molecule is COc1cc(OCc2c(C)cccc2-n2nnn(C)c2=O)ccc1Br. The third kappa shape index (κ3) is 3.43. The summed E-state index contributed by atoms with van der Waals surface area (Å²) >= 11 is 3.41. The highest BCUT2D eigenvalue weighted by molar-refractivity contribution is 9.10.